The lowest BCUT2D eigenvalue weighted by atomic mass is 10.2. The minimum absolute atomic E-state index is 0.244. The molecule has 0 fully saturated rings. The van der Waals surface area contributed by atoms with Gasteiger partial charge in [0.05, 0.1) is 0 Å². The van der Waals surface area contributed by atoms with Crippen molar-refractivity contribution in [2.24, 2.45) is 0 Å². The quantitative estimate of drug-likeness (QED) is 0.847. The molecule has 2 nitrogen and oxygen atoms in total. The highest BCUT2D eigenvalue weighted by Crippen LogP contribution is 2.17. The van der Waals surface area contributed by atoms with E-state index in [2.05, 4.69) is 26.2 Å². The van der Waals surface area contributed by atoms with Crippen LogP contribution >= 0.6 is 27.5 Å². The highest BCUT2D eigenvalue weighted by molar-refractivity contribution is 9.10. The molecule has 1 rings (SSSR count). The van der Waals surface area contributed by atoms with Gasteiger partial charge in [-0.25, -0.2) is 4.98 Å². The van der Waals surface area contributed by atoms with E-state index in [0.717, 1.165) is 15.9 Å². The number of rotatable bonds is 3. The summed E-state index contributed by atoms with van der Waals surface area (Å²) in [6.45, 7) is 4.04. The van der Waals surface area contributed by atoms with Crippen LogP contribution < -0.4 is 5.32 Å². The van der Waals surface area contributed by atoms with Crippen LogP contribution in [-0.2, 0) is 0 Å². The molecule has 0 aliphatic carbocycles. The normalized spacial score (nSPS) is 12.6. The molecule has 1 aromatic rings. The zero-order chi connectivity index (χ0) is 9.84. The Morgan fingerprint density at radius 3 is 2.92 bits per heavy atom. The Morgan fingerprint density at radius 2 is 2.38 bits per heavy atom. The molecule has 4 heteroatoms. The first-order valence-electron chi connectivity index (χ1n) is 4.08. The molecule has 1 atom stereocenters. The average molecular weight is 264 g/mol. The first kappa shape index (κ1) is 10.8. The maximum atomic E-state index is 5.69. The van der Waals surface area contributed by atoms with Crippen molar-refractivity contribution in [3.05, 3.63) is 22.3 Å². The van der Waals surface area contributed by atoms with E-state index in [9.17, 15) is 0 Å². The number of halogens is 2. The monoisotopic (exact) mass is 262 g/mol. The van der Waals surface area contributed by atoms with Crippen molar-refractivity contribution in [1.29, 1.82) is 0 Å². The predicted octanol–water partition coefficient (Wildman–Crippen LogP) is 3.19. The van der Waals surface area contributed by atoms with Gasteiger partial charge in [0, 0.05) is 22.6 Å². The Kier molecular flexibility index (Phi) is 4.00. The number of alkyl halides is 1. The minimum atomic E-state index is 0.244. The fourth-order valence-electron chi connectivity index (χ4n) is 0.964. The smallest absolute Gasteiger partial charge is 0.129 e. The average Bonchev–Trinajstić information content (AvgIpc) is 2.09. The first-order chi connectivity index (χ1) is 6.13. The molecule has 0 radical (unpaired) electrons. The Balaban J connectivity index is 2.77. The molecule has 0 aliphatic rings. The van der Waals surface area contributed by atoms with Gasteiger partial charge in [0.25, 0.3) is 0 Å². The molecule has 0 saturated carbocycles. The maximum Gasteiger partial charge on any atom is 0.129 e. The van der Waals surface area contributed by atoms with Crippen molar-refractivity contribution >= 4 is 33.3 Å². The fourth-order valence-corrected chi connectivity index (χ4v) is 1.49. The van der Waals surface area contributed by atoms with E-state index in [4.69, 9.17) is 11.6 Å². The van der Waals surface area contributed by atoms with Crippen LogP contribution in [0, 0.1) is 6.92 Å². The number of hydrogen-bond donors (Lipinski definition) is 1. The molecule has 0 saturated heterocycles. The first-order valence-corrected chi connectivity index (χ1v) is 5.41. The van der Waals surface area contributed by atoms with Crippen LogP contribution in [0.5, 0.6) is 0 Å². The molecule has 1 aromatic heterocycles. The fraction of sp³-hybridized carbons (Fsp3) is 0.444. The van der Waals surface area contributed by atoms with Crippen molar-refractivity contribution in [2.75, 3.05) is 11.2 Å². The van der Waals surface area contributed by atoms with Gasteiger partial charge in [-0.2, -0.15) is 0 Å². The van der Waals surface area contributed by atoms with E-state index in [1.54, 1.807) is 6.20 Å². The Bertz CT molecular complexity index is 291. The topological polar surface area (TPSA) is 24.9 Å². The van der Waals surface area contributed by atoms with Crippen LogP contribution in [0.3, 0.4) is 0 Å². The van der Waals surface area contributed by atoms with Crippen molar-refractivity contribution in [2.45, 2.75) is 19.9 Å². The van der Waals surface area contributed by atoms with E-state index < -0.39 is 0 Å². The third kappa shape index (κ3) is 3.16. The zero-order valence-corrected chi connectivity index (χ0v) is 9.98. The summed E-state index contributed by atoms with van der Waals surface area (Å²) in [5, 5.41) is 3.22. The summed E-state index contributed by atoms with van der Waals surface area (Å²) in [6, 6.07) is 2.27. The van der Waals surface area contributed by atoms with E-state index in [1.165, 1.54) is 0 Å². The number of anilines is 1. The number of nitrogens with one attached hydrogen (secondary N) is 1. The Labute approximate surface area is 91.8 Å². The number of hydrogen-bond acceptors (Lipinski definition) is 2. The molecule has 0 aromatic carbocycles. The molecule has 0 spiro atoms. The predicted molar refractivity (Wildman–Crippen MR) is 60.5 cm³/mol. The van der Waals surface area contributed by atoms with Gasteiger partial charge in [0.15, 0.2) is 0 Å². The van der Waals surface area contributed by atoms with Crippen molar-refractivity contribution in [1.82, 2.24) is 4.98 Å². The third-order valence-electron chi connectivity index (χ3n) is 1.66. The standard InChI is InChI=1S/C9H12BrClN2/c1-6-3-8(10)5-12-9(6)13-7(2)4-11/h3,5,7H,4H2,1-2H3,(H,12,13). The lowest BCUT2D eigenvalue weighted by Gasteiger charge is -2.13. The van der Waals surface area contributed by atoms with E-state index in [-0.39, 0.29) is 6.04 Å². The zero-order valence-electron chi connectivity index (χ0n) is 7.64. The summed E-state index contributed by atoms with van der Waals surface area (Å²) in [5.74, 6) is 1.48. The third-order valence-corrected chi connectivity index (χ3v) is 2.56. The second-order valence-corrected chi connectivity index (χ2v) is 4.24. The minimum Gasteiger partial charge on any atom is -0.366 e. The molecule has 1 unspecified atom stereocenters. The van der Waals surface area contributed by atoms with Gasteiger partial charge in [0.2, 0.25) is 0 Å². The van der Waals surface area contributed by atoms with Crippen LogP contribution in [0.1, 0.15) is 12.5 Å². The van der Waals surface area contributed by atoms with Gasteiger partial charge in [-0.05, 0) is 41.4 Å². The van der Waals surface area contributed by atoms with Gasteiger partial charge in [-0.3, -0.25) is 0 Å². The van der Waals surface area contributed by atoms with Crippen molar-refractivity contribution in [3.63, 3.8) is 0 Å². The molecule has 72 valence electrons. The highest BCUT2D eigenvalue weighted by Gasteiger charge is 2.03. The summed E-state index contributed by atoms with van der Waals surface area (Å²) >= 11 is 9.05. The van der Waals surface area contributed by atoms with Crippen molar-refractivity contribution in [3.8, 4) is 0 Å². The Morgan fingerprint density at radius 1 is 1.69 bits per heavy atom. The van der Waals surface area contributed by atoms with Gasteiger partial charge in [-0.15, -0.1) is 11.6 Å². The maximum absolute atomic E-state index is 5.69. The van der Waals surface area contributed by atoms with Crippen LogP contribution in [0.4, 0.5) is 5.82 Å². The lowest BCUT2D eigenvalue weighted by molar-refractivity contribution is 0.893. The molecular formula is C9H12BrClN2. The van der Waals surface area contributed by atoms with Gasteiger partial charge >= 0.3 is 0 Å². The Hall–Kier alpha value is -0.280. The lowest BCUT2D eigenvalue weighted by Crippen LogP contribution is -2.18. The molecule has 0 amide bonds. The van der Waals surface area contributed by atoms with E-state index in [1.807, 2.05) is 19.9 Å². The molecule has 1 N–H and O–H groups in total. The summed E-state index contributed by atoms with van der Waals surface area (Å²) < 4.78 is 0.995. The SMILES string of the molecule is Cc1cc(Br)cnc1NC(C)CCl. The van der Waals surface area contributed by atoms with Crippen LogP contribution in [0.15, 0.2) is 16.7 Å². The summed E-state index contributed by atoms with van der Waals surface area (Å²) in [5.41, 5.74) is 1.12. The largest absolute Gasteiger partial charge is 0.366 e. The van der Waals surface area contributed by atoms with Gasteiger partial charge in [0.1, 0.15) is 5.82 Å². The summed E-state index contributed by atoms with van der Waals surface area (Å²) in [4.78, 5) is 4.25. The second kappa shape index (κ2) is 4.82. The summed E-state index contributed by atoms with van der Waals surface area (Å²) in [6.07, 6.45) is 1.77. The number of aryl methyl sites for hydroxylation is 1. The number of aromatic nitrogens is 1. The van der Waals surface area contributed by atoms with Crippen LogP contribution in [0.25, 0.3) is 0 Å². The number of pyridine rings is 1. The van der Waals surface area contributed by atoms with Crippen molar-refractivity contribution < 1.29 is 0 Å². The van der Waals surface area contributed by atoms with E-state index in [0.29, 0.717) is 5.88 Å². The second-order valence-electron chi connectivity index (χ2n) is 3.02. The molecule has 0 bridgehead atoms. The van der Waals surface area contributed by atoms with Crippen LogP contribution in [0.2, 0.25) is 0 Å². The number of nitrogens with zero attached hydrogens (tertiary/aromatic N) is 1. The molecule has 13 heavy (non-hydrogen) atoms. The van der Waals surface area contributed by atoms with Crippen LogP contribution in [-0.4, -0.2) is 16.9 Å². The highest BCUT2D eigenvalue weighted by atomic mass is 79.9. The van der Waals surface area contributed by atoms with Gasteiger partial charge < -0.3 is 5.32 Å². The molecular weight excluding hydrogens is 251 g/mol. The van der Waals surface area contributed by atoms with E-state index >= 15 is 0 Å². The molecule has 1 heterocycles. The van der Waals surface area contributed by atoms with Gasteiger partial charge in [-0.1, -0.05) is 0 Å². The molecule has 0 aliphatic heterocycles. The summed E-state index contributed by atoms with van der Waals surface area (Å²) in [7, 11) is 0.